The minimum atomic E-state index is -6.61. The summed E-state index contributed by atoms with van der Waals surface area (Å²) < 4.78 is 88.3. The fourth-order valence-corrected chi connectivity index (χ4v) is 1.68. The maximum atomic E-state index is 13.2. The van der Waals surface area contributed by atoms with Crippen LogP contribution in [-0.2, 0) is 11.2 Å². The van der Waals surface area contributed by atoms with Crippen LogP contribution in [0, 0.1) is 0 Å². The third-order valence-electron chi connectivity index (χ3n) is 2.91. The maximum Gasteiger partial charge on any atom is 1.00 e. The summed E-state index contributed by atoms with van der Waals surface area (Å²) in [5, 5.41) is 15.3. The number of aromatic amines is 1. The van der Waals surface area contributed by atoms with Gasteiger partial charge in [0.2, 0.25) is 0 Å². The number of carbonyl (C=O) groups excluding carboxylic acids is 1. The molecular weight excluding hydrogens is 386 g/mol. The first kappa shape index (κ1) is 22.3. The van der Waals surface area contributed by atoms with Gasteiger partial charge in [-0.3, -0.25) is 0 Å². The fourth-order valence-electron chi connectivity index (χ4n) is 1.68. The summed E-state index contributed by atoms with van der Waals surface area (Å²) in [5.74, 6) is -15.3. The summed E-state index contributed by atoms with van der Waals surface area (Å²) in [6.07, 6.45) is -6.58. The molecule has 0 saturated carbocycles. The Hall–Kier alpha value is -1.73. The summed E-state index contributed by atoms with van der Waals surface area (Å²) in [7, 11) is 0. The average Bonchev–Trinajstić information content (AvgIpc) is 2.99. The molecule has 2 rings (SSSR count). The molecule has 0 spiro atoms. The molecule has 1 N–H and O–H groups in total. The van der Waals surface area contributed by atoms with Crippen molar-refractivity contribution in [1.29, 1.82) is 0 Å². The maximum absolute atomic E-state index is 13.2. The quantitative estimate of drug-likeness (QED) is 0.580. The van der Waals surface area contributed by atoms with Crippen LogP contribution in [0.1, 0.15) is 11.4 Å². The van der Waals surface area contributed by atoms with Gasteiger partial charge in [-0.1, -0.05) is 29.5 Å². The van der Waals surface area contributed by atoms with E-state index < -0.39 is 29.6 Å². The molecular formula is C12H7F7N5NaO. The fraction of sp³-hybridized carbons (Fsp3) is 0.333. The molecule has 2 aromatic rings. The average molecular weight is 393 g/mol. The van der Waals surface area contributed by atoms with E-state index in [0.717, 1.165) is 12.1 Å². The van der Waals surface area contributed by atoms with Gasteiger partial charge in [0.1, 0.15) is 5.91 Å². The predicted octanol–water partition coefficient (Wildman–Crippen LogP) is 0.159. The molecule has 0 bridgehead atoms. The van der Waals surface area contributed by atoms with Crippen LogP contribution >= 0.6 is 0 Å². The van der Waals surface area contributed by atoms with Gasteiger partial charge in [-0.15, -0.1) is 15.9 Å². The molecule has 1 aromatic carbocycles. The Bertz CT molecular complexity index is 751. The molecule has 0 saturated heterocycles. The number of hydrogen-bond donors (Lipinski definition) is 1. The summed E-state index contributed by atoms with van der Waals surface area (Å²) in [4.78, 5) is 11.2. The SMILES string of the molecule is O=C([N-]c1cccc(Cc2nn[nH]n2)c1)C(F)(F)C(F)(F)C(F)(F)F.[Na+]. The van der Waals surface area contributed by atoms with Crippen LogP contribution < -0.4 is 29.6 Å². The number of carbonyl (C=O) groups is 1. The van der Waals surface area contributed by atoms with Crippen molar-refractivity contribution in [1.82, 2.24) is 20.6 Å². The van der Waals surface area contributed by atoms with Gasteiger partial charge in [0.25, 0.3) is 0 Å². The van der Waals surface area contributed by atoms with E-state index in [1.165, 1.54) is 12.1 Å². The van der Waals surface area contributed by atoms with Crippen molar-refractivity contribution in [3.63, 3.8) is 0 Å². The second-order valence-electron chi connectivity index (χ2n) is 4.74. The smallest absolute Gasteiger partial charge is 0.622 e. The Morgan fingerprint density at radius 1 is 1.12 bits per heavy atom. The van der Waals surface area contributed by atoms with Gasteiger partial charge in [-0.25, -0.2) is 0 Å². The van der Waals surface area contributed by atoms with Gasteiger partial charge in [0.15, 0.2) is 5.82 Å². The number of nitrogens with zero attached hydrogens (tertiary/aromatic N) is 4. The molecule has 1 heterocycles. The molecule has 0 atom stereocenters. The van der Waals surface area contributed by atoms with Crippen molar-refractivity contribution >= 4 is 11.6 Å². The molecule has 1 aromatic heterocycles. The van der Waals surface area contributed by atoms with E-state index >= 15 is 0 Å². The zero-order valence-corrected chi connectivity index (χ0v) is 14.9. The van der Waals surface area contributed by atoms with Gasteiger partial charge in [-0.2, -0.15) is 35.9 Å². The van der Waals surface area contributed by atoms with E-state index in [1.807, 2.05) is 0 Å². The van der Waals surface area contributed by atoms with E-state index in [1.54, 1.807) is 0 Å². The molecule has 0 aliphatic carbocycles. The normalized spacial score (nSPS) is 12.4. The van der Waals surface area contributed by atoms with Crippen LogP contribution in [0.2, 0.25) is 0 Å². The van der Waals surface area contributed by atoms with Gasteiger partial charge < -0.3 is 10.1 Å². The number of tetrazole rings is 1. The molecule has 26 heavy (non-hydrogen) atoms. The van der Waals surface area contributed by atoms with Crippen LogP contribution in [0.25, 0.3) is 5.32 Å². The minimum Gasteiger partial charge on any atom is -0.622 e. The Morgan fingerprint density at radius 3 is 2.31 bits per heavy atom. The van der Waals surface area contributed by atoms with Crippen LogP contribution in [-0.4, -0.2) is 44.6 Å². The second kappa shape index (κ2) is 7.88. The molecule has 14 heteroatoms. The first-order chi connectivity index (χ1) is 11.4. The molecule has 6 nitrogen and oxygen atoms in total. The van der Waals surface area contributed by atoms with Gasteiger partial charge in [-0.05, 0) is 5.56 Å². The van der Waals surface area contributed by atoms with Crippen molar-refractivity contribution in [3.8, 4) is 0 Å². The third-order valence-corrected chi connectivity index (χ3v) is 2.91. The molecule has 0 radical (unpaired) electrons. The van der Waals surface area contributed by atoms with Crippen molar-refractivity contribution in [2.45, 2.75) is 24.4 Å². The molecule has 0 unspecified atom stereocenters. The molecule has 0 aliphatic heterocycles. The van der Waals surface area contributed by atoms with E-state index in [9.17, 15) is 35.5 Å². The van der Waals surface area contributed by atoms with Gasteiger partial charge in [0, 0.05) is 6.42 Å². The topological polar surface area (TPSA) is 85.6 Å². The van der Waals surface area contributed by atoms with Crippen LogP contribution in [0.3, 0.4) is 0 Å². The number of hydrogen-bond acceptors (Lipinski definition) is 4. The van der Waals surface area contributed by atoms with Crippen LogP contribution in [0.4, 0.5) is 36.4 Å². The van der Waals surface area contributed by atoms with E-state index in [4.69, 9.17) is 0 Å². The second-order valence-corrected chi connectivity index (χ2v) is 4.74. The number of rotatable bonds is 5. The Morgan fingerprint density at radius 2 is 1.77 bits per heavy atom. The third kappa shape index (κ3) is 4.51. The Labute approximate surface area is 162 Å². The predicted molar refractivity (Wildman–Crippen MR) is 67.4 cm³/mol. The van der Waals surface area contributed by atoms with Crippen molar-refractivity contribution in [2.75, 3.05) is 0 Å². The summed E-state index contributed by atoms with van der Waals surface area (Å²) in [6.45, 7) is 0. The first-order valence-corrected chi connectivity index (χ1v) is 6.35. The Kier molecular flexibility index (Phi) is 6.76. The molecule has 0 fully saturated rings. The van der Waals surface area contributed by atoms with E-state index in [-0.39, 0.29) is 41.8 Å². The number of alkyl halides is 7. The Balaban J connectivity index is 0.00000338. The summed E-state index contributed by atoms with van der Waals surface area (Å²) >= 11 is 0. The summed E-state index contributed by atoms with van der Waals surface area (Å²) in [5.41, 5.74) is -0.190. The van der Waals surface area contributed by atoms with E-state index in [0.29, 0.717) is 5.56 Å². The first-order valence-electron chi connectivity index (χ1n) is 6.35. The van der Waals surface area contributed by atoms with Gasteiger partial charge >= 0.3 is 47.6 Å². The van der Waals surface area contributed by atoms with Crippen LogP contribution in [0.5, 0.6) is 0 Å². The van der Waals surface area contributed by atoms with Crippen molar-refractivity contribution < 1.29 is 65.1 Å². The number of halogens is 7. The van der Waals surface area contributed by atoms with Crippen molar-refractivity contribution in [2.24, 2.45) is 0 Å². The number of benzene rings is 1. The zero-order chi connectivity index (χ0) is 18.9. The molecule has 0 aliphatic rings. The van der Waals surface area contributed by atoms with Gasteiger partial charge in [0.05, 0.1) is 0 Å². The zero-order valence-electron chi connectivity index (χ0n) is 12.9. The number of nitrogens with one attached hydrogen (secondary N) is 1. The van der Waals surface area contributed by atoms with Crippen LogP contribution in [0.15, 0.2) is 24.3 Å². The number of amides is 1. The van der Waals surface area contributed by atoms with E-state index in [2.05, 4.69) is 25.9 Å². The largest absolute Gasteiger partial charge is 1.00 e. The minimum absolute atomic E-state index is 0. The molecule has 1 amide bonds. The molecule has 136 valence electrons. The standard InChI is InChI=1S/C12H8F7N5O.Na/c13-10(14,11(15,16)12(17,18)19)9(25)20-7-3-1-2-6(4-7)5-8-21-23-24-22-8;/h1-4H,5H2,(H2,20,21,22,23,24,25);/q;+1/p-1. The van der Waals surface area contributed by atoms with Crippen molar-refractivity contribution in [3.05, 3.63) is 41.0 Å². The summed E-state index contributed by atoms with van der Waals surface area (Å²) in [6, 6.07) is 4.71. The number of aromatic nitrogens is 4. The monoisotopic (exact) mass is 393 g/mol. The number of H-pyrrole nitrogens is 1.